The van der Waals surface area contributed by atoms with Crippen molar-refractivity contribution < 1.29 is 9.90 Å². The average Bonchev–Trinajstić information content (AvgIpc) is 2.55. The number of anilines is 1. The lowest BCUT2D eigenvalue weighted by atomic mass is 10.1. The zero-order valence-electron chi connectivity index (χ0n) is 12.7. The number of aromatic hydroxyl groups is 1. The van der Waals surface area contributed by atoms with Gasteiger partial charge in [-0.3, -0.25) is 4.79 Å². The number of hydrogen-bond acceptors (Lipinski definition) is 3. The molecule has 0 unspecified atom stereocenters. The first-order valence-electron chi connectivity index (χ1n) is 7.54. The highest BCUT2D eigenvalue weighted by molar-refractivity contribution is 5.96. The fourth-order valence-electron chi connectivity index (χ4n) is 2.82. The fourth-order valence-corrected chi connectivity index (χ4v) is 2.82. The minimum Gasteiger partial charge on any atom is -0.507 e. The molecule has 4 nitrogen and oxygen atoms in total. The molecule has 3 rings (SSSR count). The number of para-hydroxylation sites is 1. The highest BCUT2D eigenvalue weighted by Crippen LogP contribution is 2.21. The number of carbonyl (C=O) groups is 1. The zero-order valence-corrected chi connectivity index (χ0v) is 12.7. The van der Waals surface area contributed by atoms with Gasteiger partial charge in [-0.1, -0.05) is 24.3 Å². The molecular formula is C18H20N2O2. The van der Waals surface area contributed by atoms with Crippen LogP contribution in [-0.4, -0.2) is 42.1 Å². The smallest absolute Gasteiger partial charge is 0.257 e. The van der Waals surface area contributed by atoms with E-state index >= 15 is 0 Å². The summed E-state index contributed by atoms with van der Waals surface area (Å²) in [6.45, 7) is 5.04. The Bertz CT molecular complexity index is 676. The van der Waals surface area contributed by atoms with E-state index in [1.165, 1.54) is 11.3 Å². The van der Waals surface area contributed by atoms with Gasteiger partial charge < -0.3 is 14.9 Å². The largest absolute Gasteiger partial charge is 0.507 e. The molecule has 1 N–H and O–H groups in total. The topological polar surface area (TPSA) is 43.8 Å². The maximum absolute atomic E-state index is 12.5. The molecule has 0 radical (unpaired) electrons. The van der Waals surface area contributed by atoms with E-state index in [1.807, 2.05) is 0 Å². The molecule has 0 saturated carbocycles. The highest BCUT2D eigenvalue weighted by atomic mass is 16.3. The van der Waals surface area contributed by atoms with E-state index in [2.05, 4.69) is 36.1 Å². The van der Waals surface area contributed by atoms with Crippen LogP contribution in [-0.2, 0) is 0 Å². The standard InChI is InChI=1S/C18H20N2O2/c1-14-5-4-6-15(13-14)19-9-11-20(12-10-19)18(22)16-7-2-3-8-17(16)21/h2-8,13,21H,9-12H2,1H3. The van der Waals surface area contributed by atoms with Crippen molar-refractivity contribution >= 4 is 11.6 Å². The number of piperazine rings is 1. The molecule has 1 heterocycles. The Morgan fingerprint density at radius 3 is 2.41 bits per heavy atom. The molecule has 1 fully saturated rings. The molecule has 0 bridgehead atoms. The number of phenolic OH excluding ortho intramolecular Hbond substituents is 1. The van der Waals surface area contributed by atoms with E-state index in [4.69, 9.17) is 0 Å². The van der Waals surface area contributed by atoms with Crippen LogP contribution in [0.2, 0.25) is 0 Å². The molecule has 1 saturated heterocycles. The zero-order chi connectivity index (χ0) is 15.5. The van der Waals surface area contributed by atoms with E-state index < -0.39 is 0 Å². The molecule has 2 aromatic rings. The van der Waals surface area contributed by atoms with Gasteiger partial charge in [0, 0.05) is 31.9 Å². The van der Waals surface area contributed by atoms with Crippen LogP contribution in [0.15, 0.2) is 48.5 Å². The molecule has 2 aromatic carbocycles. The van der Waals surface area contributed by atoms with Gasteiger partial charge in [0.05, 0.1) is 5.56 Å². The van der Waals surface area contributed by atoms with Crippen LogP contribution >= 0.6 is 0 Å². The van der Waals surface area contributed by atoms with Crippen molar-refractivity contribution in [1.82, 2.24) is 4.90 Å². The Kier molecular flexibility index (Phi) is 4.00. The van der Waals surface area contributed by atoms with Crippen LogP contribution in [0.3, 0.4) is 0 Å². The van der Waals surface area contributed by atoms with Gasteiger partial charge >= 0.3 is 0 Å². The normalized spacial score (nSPS) is 15.0. The minimum absolute atomic E-state index is 0.0496. The number of aryl methyl sites for hydroxylation is 1. The third-order valence-electron chi connectivity index (χ3n) is 4.07. The molecule has 0 aromatic heterocycles. The third-order valence-corrected chi connectivity index (χ3v) is 4.07. The summed E-state index contributed by atoms with van der Waals surface area (Å²) in [6.07, 6.45) is 0. The van der Waals surface area contributed by atoms with Crippen molar-refractivity contribution in [2.45, 2.75) is 6.92 Å². The number of amides is 1. The average molecular weight is 296 g/mol. The van der Waals surface area contributed by atoms with Gasteiger partial charge in [-0.05, 0) is 36.8 Å². The first-order chi connectivity index (χ1) is 10.6. The van der Waals surface area contributed by atoms with Gasteiger partial charge in [0.2, 0.25) is 0 Å². The summed E-state index contributed by atoms with van der Waals surface area (Å²) in [4.78, 5) is 16.6. The van der Waals surface area contributed by atoms with E-state index in [1.54, 1.807) is 29.2 Å². The fraction of sp³-hybridized carbons (Fsp3) is 0.278. The molecular weight excluding hydrogens is 276 g/mol. The second-order valence-corrected chi connectivity index (χ2v) is 5.64. The first kappa shape index (κ1) is 14.4. The molecule has 4 heteroatoms. The van der Waals surface area contributed by atoms with Gasteiger partial charge in [0.25, 0.3) is 5.91 Å². The van der Waals surface area contributed by atoms with Crippen LogP contribution < -0.4 is 4.90 Å². The first-order valence-corrected chi connectivity index (χ1v) is 7.54. The van der Waals surface area contributed by atoms with Crippen LogP contribution in [0.1, 0.15) is 15.9 Å². The molecule has 1 aliphatic rings. The Balaban J connectivity index is 1.67. The molecule has 0 atom stereocenters. The Morgan fingerprint density at radius 2 is 1.73 bits per heavy atom. The van der Waals surface area contributed by atoms with Crippen molar-refractivity contribution in [3.8, 4) is 5.75 Å². The van der Waals surface area contributed by atoms with E-state index in [0.717, 1.165) is 13.1 Å². The predicted octanol–water partition coefficient (Wildman–Crippen LogP) is 2.66. The van der Waals surface area contributed by atoms with Gasteiger partial charge in [0.1, 0.15) is 5.75 Å². The van der Waals surface area contributed by atoms with Crippen LogP contribution in [0, 0.1) is 6.92 Å². The monoisotopic (exact) mass is 296 g/mol. The number of phenols is 1. The van der Waals surface area contributed by atoms with Crippen molar-refractivity contribution in [3.05, 3.63) is 59.7 Å². The van der Waals surface area contributed by atoms with Crippen LogP contribution in [0.4, 0.5) is 5.69 Å². The number of carbonyl (C=O) groups excluding carboxylic acids is 1. The summed E-state index contributed by atoms with van der Waals surface area (Å²) >= 11 is 0. The minimum atomic E-state index is -0.0954. The lowest BCUT2D eigenvalue weighted by molar-refractivity contribution is 0.0744. The van der Waals surface area contributed by atoms with Crippen LogP contribution in [0.5, 0.6) is 5.75 Å². The van der Waals surface area contributed by atoms with E-state index in [-0.39, 0.29) is 11.7 Å². The molecule has 1 amide bonds. The van der Waals surface area contributed by atoms with Crippen LogP contribution in [0.25, 0.3) is 0 Å². The summed E-state index contributed by atoms with van der Waals surface area (Å²) in [5, 5.41) is 9.81. The predicted molar refractivity (Wildman–Crippen MR) is 87.4 cm³/mol. The van der Waals surface area contributed by atoms with Crippen molar-refractivity contribution in [2.75, 3.05) is 31.1 Å². The lowest BCUT2D eigenvalue weighted by Crippen LogP contribution is -2.48. The number of rotatable bonds is 2. The highest BCUT2D eigenvalue weighted by Gasteiger charge is 2.23. The lowest BCUT2D eigenvalue weighted by Gasteiger charge is -2.36. The molecule has 1 aliphatic heterocycles. The van der Waals surface area contributed by atoms with Gasteiger partial charge in [-0.2, -0.15) is 0 Å². The maximum atomic E-state index is 12.5. The van der Waals surface area contributed by atoms with Crippen molar-refractivity contribution in [1.29, 1.82) is 0 Å². The summed E-state index contributed by atoms with van der Waals surface area (Å²) in [6, 6.07) is 15.1. The molecule has 0 spiro atoms. The summed E-state index contributed by atoms with van der Waals surface area (Å²) < 4.78 is 0. The number of nitrogens with zero attached hydrogens (tertiary/aromatic N) is 2. The Labute approximate surface area is 130 Å². The summed E-state index contributed by atoms with van der Waals surface area (Å²) in [5.41, 5.74) is 2.83. The number of hydrogen-bond donors (Lipinski definition) is 1. The summed E-state index contributed by atoms with van der Waals surface area (Å²) in [5.74, 6) is -0.0457. The Hall–Kier alpha value is -2.49. The quantitative estimate of drug-likeness (QED) is 0.926. The van der Waals surface area contributed by atoms with E-state index in [9.17, 15) is 9.90 Å². The molecule has 114 valence electrons. The second-order valence-electron chi connectivity index (χ2n) is 5.64. The second kappa shape index (κ2) is 6.10. The van der Waals surface area contributed by atoms with Crippen molar-refractivity contribution in [3.63, 3.8) is 0 Å². The summed E-state index contributed by atoms with van der Waals surface area (Å²) in [7, 11) is 0. The third kappa shape index (κ3) is 2.91. The van der Waals surface area contributed by atoms with Crippen molar-refractivity contribution in [2.24, 2.45) is 0 Å². The molecule has 22 heavy (non-hydrogen) atoms. The molecule has 0 aliphatic carbocycles. The van der Waals surface area contributed by atoms with Gasteiger partial charge in [0.15, 0.2) is 0 Å². The maximum Gasteiger partial charge on any atom is 0.257 e. The SMILES string of the molecule is Cc1cccc(N2CCN(C(=O)c3ccccc3O)CC2)c1. The van der Waals surface area contributed by atoms with Gasteiger partial charge in [-0.15, -0.1) is 0 Å². The van der Waals surface area contributed by atoms with E-state index in [0.29, 0.717) is 18.7 Å². The van der Waals surface area contributed by atoms with Gasteiger partial charge in [-0.25, -0.2) is 0 Å². The Morgan fingerprint density at radius 1 is 1.00 bits per heavy atom. The number of benzene rings is 2.